The minimum atomic E-state index is -3.49. The van der Waals surface area contributed by atoms with E-state index in [2.05, 4.69) is 20.3 Å². The van der Waals surface area contributed by atoms with Gasteiger partial charge in [0.2, 0.25) is 15.9 Å². The van der Waals surface area contributed by atoms with E-state index in [4.69, 9.17) is 5.73 Å². The van der Waals surface area contributed by atoms with Gasteiger partial charge in [-0.2, -0.15) is 0 Å². The third kappa shape index (κ3) is 8.96. The zero-order valence-electron chi connectivity index (χ0n) is 21.3. The molecule has 0 radical (unpaired) electrons. The molecule has 1 amide bonds. The van der Waals surface area contributed by atoms with E-state index in [0.717, 1.165) is 19.2 Å². The van der Waals surface area contributed by atoms with Crippen LogP contribution in [-0.2, 0) is 27.8 Å². The summed E-state index contributed by atoms with van der Waals surface area (Å²) in [5, 5.41) is 6.19. The van der Waals surface area contributed by atoms with Crippen LogP contribution in [-0.4, -0.2) is 49.6 Å². The van der Waals surface area contributed by atoms with Gasteiger partial charge in [0.05, 0.1) is 12.2 Å². The molecule has 204 valence electrons. The maximum Gasteiger partial charge on any atom is 0.233 e. The van der Waals surface area contributed by atoms with Gasteiger partial charge in [-0.1, -0.05) is 13.8 Å². The Hall–Kier alpha value is -3.77. The summed E-state index contributed by atoms with van der Waals surface area (Å²) in [5.41, 5.74) is 7.85. The second kappa shape index (κ2) is 13.2. The largest absolute Gasteiger partial charge is 0.381 e. The number of benzene rings is 2. The zero-order valence-corrected chi connectivity index (χ0v) is 22.1. The molecule has 0 fully saturated rings. The predicted octanol–water partition coefficient (Wildman–Crippen LogP) is 3.83. The van der Waals surface area contributed by atoms with E-state index in [-0.39, 0.29) is 18.7 Å². The quantitative estimate of drug-likeness (QED) is 0.242. The number of anilines is 4. The summed E-state index contributed by atoms with van der Waals surface area (Å²) in [7, 11) is -3.49. The first-order valence-electron chi connectivity index (χ1n) is 12.1. The van der Waals surface area contributed by atoms with Crippen LogP contribution in [0, 0.1) is 11.6 Å². The smallest absolute Gasteiger partial charge is 0.233 e. The van der Waals surface area contributed by atoms with Crippen LogP contribution in [0.2, 0.25) is 0 Å². The van der Waals surface area contributed by atoms with Gasteiger partial charge in [-0.3, -0.25) is 9.52 Å². The number of halogens is 2. The molecule has 5 N–H and O–H groups in total. The second-order valence-corrected chi connectivity index (χ2v) is 10.5. The lowest BCUT2D eigenvalue weighted by molar-refractivity contribution is -0.117. The van der Waals surface area contributed by atoms with Crippen molar-refractivity contribution < 1.29 is 22.0 Å². The van der Waals surface area contributed by atoms with E-state index < -0.39 is 27.6 Å². The minimum Gasteiger partial charge on any atom is -0.381 e. The molecule has 3 rings (SSSR count). The summed E-state index contributed by atoms with van der Waals surface area (Å²) in [6.07, 6.45) is 1.41. The molecular weight excluding hydrogens is 514 g/mol. The van der Waals surface area contributed by atoms with Crippen molar-refractivity contribution in [2.45, 2.75) is 26.8 Å². The number of carbonyl (C=O) groups is 1. The van der Waals surface area contributed by atoms with E-state index in [9.17, 15) is 22.0 Å². The number of carbonyl (C=O) groups excluding carboxylic acids is 1. The van der Waals surface area contributed by atoms with E-state index in [1.54, 1.807) is 30.3 Å². The first-order chi connectivity index (χ1) is 18.1. The van der Waals surface area contributed by atoms with Gasteiger partial charge in [-0.25, -0.2) is 22.2 Å². The number of hydrogen-bond donors (Lipinski definition) is 4. The fourth-order valence-corrected chi connectivity index (χ4v) is 4.84. The molecule has 0 saturated heterocycles. The van der Waals surface area contributed by atoms with Gasteiger partial charge in [-0.15, -0.1) is 0 Å². The molecule has 1 heterocycles. The van der Waals surface area contributed by atoms with Crippen molar-refractivity contribution in [3.05, 3.63) is 77.5 Å². The van der Waals surface area contributed by atoms with Gasteiger partial charge < -0.3 is 21.3 Å². The average molecular weight is 547 g/mol. The van der Waals surface area contributed by atoms with Crippen LogP contribution < -0.4 is 21.1 Å². The maximum absolute atomic E-state index is 13.5. The molecule has 2 aromatic carbocycles. The van der Waals surface area contributed by atoms with Crippen molar-refractivity contribution in [3.8, 4) is 0 Å². The van der Waals surface area contributed by atoms with Gasteiger partial charge in [0.25, 0.3) is 0 Å². The summed E-state index contributed by atoms with van der Waals surface area (Å²) in [4.78, 5) is 17.8. The predicted molar refractivity (Wildman–Crippen MR) is 146 cm³/mol. The van der Waals surface area contributed by atoms with Gasteiger partial charge in [0.1, 0.15) is 17.5 Å². The van der Waals surface area contributed by atoms with E-state index in [1.807, 2.05) is 18.7 Å². The van der Waals surface area contributed by atoms with Crippen molar-refractivity contribution in [2.24, 2.45) is 5.73 Å². The summed E-state index contributed by atoms with van der Waals surface area (Å²) in [6, 6.07) is 11.5. The Kier molecular flexibility index (Phi) is 9.97. The summed E-state index contributed by atoms with van der Waals surface area (Å²) >= 11 is 0. The fourth-order valence-electron chi connectivity index (χ4n) is 3.74. The number of aromatic nitrogens is 1. The van der Waals surface area contributed by atoms with Crippen molar-refractivity contribution in [2.75, 3.05) is 40.7 Å². The van der Waals surface area contributed by atoms with Crippen molar-refractivity contribution in [1.29, 1.82) is 0 Å². The Bertz CT molecular complexity index is 1330. The van der Waals surface area contributed by atoms with E-state index in [0.29, 0.717) is 40.6 Å². The molecule has 38 heavy (non-hydrogen) atoms. The second-order valence-electron chi connectivity index (χ2n) is 8.65. The van der Waals surface area contributed by atoms with Crippen molar-refractivity contribution >= 4 is 38.8 Å². The topological polar surface area (TPSA) is 129 Å². The number of nitrogens with one attached hydrogen (secondary N) is 3. The molecule has 0 bridgehead atoms. The Labute approximate surface area is 221 Å². The summed E-state index contributed by atoms with van der Waals surface area (Å²) in [5.74, 6) is -1.51. The van der Waals surface area contributed by atoms with Gasteiger partial charge in [0.15, 0.2) is 0 Å². The van der Waals surface area contributed by atoms with Crippen LogP contribution in [0.1, 0.15) is 25.0 Å². The normalized spacial score (nSPS) is 11.4. The van der Waals surface area contributed by atoms with E-state index >= 15 is 0 Å². The fraction of sp³-hybridized carbons (Fsp3) is 0.308. The maximum atomic E-state index is 13.5. The molecule has 0 saturated carbocycles. The Morgan fingerprint density at radius 2 is 1.63 bits per heavy atom. The lowest BCUT2D eigenvalue weighted by atomic mass is 10.1. The van der Waals surface area contributed by atoms with Crippen LogP contribution in [0.15, 0.2) is 54.7 Å². The van der Waals surface area contributed by atoms with Crippen LogP contribution in [0.4, 0.5) is 31.7 Å². The molecule has 9 nitrogen and oxygen atoms in total. The highest BCUT2D eigenvalue weighted by atomic mass is 32.2. The van der Waals surface area contributed by atoms with Crippen LogP contribution in [0.5, 0.6) is 0 Å². The molecule has 0 unspecified atom stereocenters. The first kappa shape index (κ1) is 28.8. The highest BCUT2D eigenvalue weighted by molar-refractivity contribution is 7.92. The molecule has 0 aliphatic rings. The van der Waals surface area contributed by atoms with Crippen molar-refractivity contribution in [1.82, 2.24) is 9.88 Å². The lowest BCUT2D eigenvalue weighted by Gasteiger charge is -2.18. The number of pyridine rings is 1. The molecule has 0 spiro atoms. The Morgan fingerprint density at radius 3 is 2.24 bits per heavy atom. The summed E-state index contributed by atoms with van der Waals surface area (Å²) in [6.45, 7) is 6.09. The molecule has 12 heteroatoms. The number of amides is 1. The number of nitrogens with two attached hydrogens (primary N) is 1. The Morgan fingerprint density at radius 1 is 1.00 bits per heavy atom. The number of nitrogens with zero attached hydrogens (tertiary/aromatic N) is 2. The van der Waals surface area contributed by atoms with Gasteiger partial charge in [-0.05, 0) is 55.1 Å². The standard InChI is InChI=1S/C26H32F2N6O3S/c1-3-34(4-2)9-10-38(36,37)33-23-7-5-22(6-8-23)32-26-15-24(19(17-31-26)13-25(29)35)30-16-18-11-20(27)14-21(28)12-18/h5-8,11-12,14-15,17,33H,3-4,9-10,13,16H2,1-2H3,(H2,29,35)(H2,30,31,32). The first-order valence-corrected chi connectivity index (χ1v) is 13.8. The summed E-state index contributed by atoms with van der Waals surface area (Å²) < 4.78 is 54.5. The highest BCUT2D eigenvalue weighted by Crippen LogP contribution is 2.24. The molecule has 0 aliphatic carbocycles. The number of rotatable bonds is 14. The Balaban J connectivity index is 1.69. The van der Waals surface area contributed by atoms with Gasteiger partial charge in [0, 0.05) is 54.0 Å². The monoisotopic (exact) mass is 546 g/mol. The average Bonchev–Trinajstić information content (AvgIpc) is 2.85. The third-order valence-electron chi connectivity index (χ3n) is 5.76. The minimum absolute atomic E-state index is 0.00566. The SMILES string of the molecule is CCN(CC)CCS(=O)(=O)Nc1ccc(Nc2cc(NCc3cc(F)cc(F)c3)c(CC(N)=O)cn2)cc1. The molecule has 3 aromatic rings. The molecule has 1 aromatic heterocycles. The molecule has 0 aliphatic heterocycles. The number of hydrogen-bond acceptors (Lipinski definition) is 7. The zero-order chi connectivity index (χ0) is 27.7. The van der Waals surface area contributed by atoms with Crippen molar-refractivity contribution in [3.63, 3.8) is 0 Å². The molecule has 0 atom stereocenters. The van der Waals surface area contributed by atoms with Crippen LogP contribution in [0.3, 0.4) is 0 Å². The van der Waals surface area contributed by atoms with Crippen LogP contribution in [0.25, 0.3) is 0 Å². The lowest BCUT2D eigenvalue weighted by Crippen LogP contribution is -2.31. The van der Waals surface area contributed by atoms with E-state index in [1.165, 1.54) is 18.3 Å². The third-order valence-corrected chi connectivity index (χ3v) is 7.02. The number of primary amides is 1. The number of sulfonamides is 1. The highest BCUT2D eigenvalue weighted by Gasteiger charge is 2.13. The molecular formula is C26H32F2N6O3S. The van der Waals surface area contributed by atoms with Crippen LogP contribution >= 0.6 is 0 Å². The van der Waals surface area contributed by atoms with Gasteiger partial charge >= 0.3 is 0 Å².